The van der Waals surface area contributed by atoms with Crippen molar-refractivity contribution in [2.45, 2.75) is 39.4 Å². The van der Waals surface area contributed by atoms with E-state index in [0.29, 0.717) is 48.4 Å². The number of carbonyl (C=O) groups excluding carboxylic acids is 1. The van der Waals surface area contributed by atoms with Gasteiger partial charge in [-0.1, -0.05) is 5.16 Å². The van der Waals surface area contributed by atoms with Crippen molar-refractivity contribution >= 4 is 6.03 Å². The van der Waals surface area contributed by atoms with Gasteiger partial charge in [0.05, 0.1) is 31.0 Å². The number of methoxy groups -OCH3 is 1. The average Bonchev–Trinajstić information content (AvgIpc) is 3.19. The van der Waals surface area contributed by atoms with Gasteiger partial charge in [-0.15, -0.1) is 0 Å². The number of H-pyrrole nitrogens is 1. The molecule has 2 amide bonds. The van der Waals surface area contributed by atoms with E-state index >= 15 is 0 Å². The van der Waals surface area contributed by atoms with E-state index in [9.17, 15) is 9.59 Å². The van der Waals surface area contributed by atoms with Crippen LogP contribution in [-0.4, -0.2) is 44.8 Å². The lowest BCUT2D eigenvalue weighted by Gasteiger charge is -2.18. The monoisotopic (exact) mass is 348 g/mol. The van der Waals surface area contributed by atoms with E-state index in [2.05, 4.69) is 25.4 Å². The second-order valence-corrected chi connectivity index (χ2v) is 5.90. The summed E-state index contributed by atoms with van der Waals surface area (Å²) in [7, 11) is 1.60. The number of aromatic nitrogens is 4. The molecule has 0 spiro atoms. The Labute approximate surface area is 143 Å². The van der Waals surface area contributed by atoms with Crippen molar-refractivity contribution < 1.29 is 14.1 Å². The third-order valence-electron chi connectivity index (χ3n) is 3.92. The van der Waals surface area contributed by atoms with E-state index in [-0.39, 0.29) is 18.1 Å². The molecule has 0 unspecified atom stereocenters. The normalized spacial score (nSPS) is 14.4. The lowest BCUT2D eigenvalue weighted by atomic mass is 10.3. The Balaban J connectivity index is 1.62. The summed E-state index contributed by atoms with van der Waals surface area (Å²) in [6.07, 6.45) is 0.538. The fraction of sp³-hybridized carbons (Fsp3) is 0.533. The van der Waals surface area contributed by atoms with Crippen LogP contribution in [0.25, 0.3) is 0 Å². The molecule has 1 atom stereocenters. The zero-order valence-corrected chi connectivity index (χ0v) is 14.3. The van der Waals surface area contributed by atoms with Gasteiger partial charge in [-0.05, 0) is 13.8 Å². The second kappa shape index (κ2) is 7.01. The van der Waals surface area contributed by atoms with Gasteiger partial charge >= 0.3 is 6.03 Å². The molecule has 0 aromatic carbocycles. The number of amides is 2. The van der Waals surface area contributed by atoms with Crippen LogP contribution in [0, 0.1) is 6.92 Å². The highest BCUT2D eigenvalue weighted by molar-refractivity contribution is 5.75. The van der Waals surface area contributed by atoms with E-state index in [4.69, 9.17) is 9.26 Å². The number of aromatic amines is 1. The molecule has 2 aromatic rings. The fourth-order valence-corrected chi connectivity index (χ4v) is 2.61. The SMILES string of the molecule is COCCc1noc([C@H](C)NC(=O)N2Cc3nc(C)[nH]c(=O)c3C2)n1. The van der Waals surface area contributed by atoms with Crippen LogP contribution in [-0.2, 0) is 24.2 Å². The lowest BCUT2D eigenvalue weighted by Crippen LogP contribution is -2.38. The molecule has 1 aliphatic heterocycles. The standard InChI is InChI=1S/C15H20N6O4/c1-8(14-19-12(20-25-14)4-5-24-3)16-15(23)21-6-10-11(7-21)17-9(2)18-13(10)22/h8H,4-7H2,1-3H3,(H,16,23)(H,17,18,22)/t8-/m0/s1. The Morgan fingerprint density at radius 3 is 3.00 bits per heavy atom. The predicted molar refractivity (Wildman–Crippen MR) is 85.7 cm³/mol. The third-order valence-corrected chi connectivity index (χ3v) is 3.92. The molecule has 3 heterocycles. The highest BCUT2D eigenvalue weighted by Gasteiger charge is 2.28. The summed E-state index contributed by atoms with van der Waals surface area (Å²) in [6, 6.07) is -0.771. The summed E-state index contributed by atoms with van der Waals surface area (Å²) in [6.45, 7) is 4.47. The minimum Gasteiger partial charge on any atom is -0.384 e. The number of nitrogens with one attached hydrogen (secondary N) is 2. The summed E-state index contributed by atoms with van der Waals surface area (Å²) in [5.74, 6) is 1.38. The Morgan fingerprint density at radius 2 is 2.24 bits per heavy atom. The maximum absolute atomic E-state index is 12.4. The maximum Gasteiger partial charge on any atom is 0.318 e. The largest absolute Gasteiger partial charge is 0.384 e. The molecule has 0 saturated carbocycles. The number of nitrogens with zero attached hydrogens (tertiary/aromatic N) is 4. The number of fused-ring (bicyclic) bond motifs is 1. The summed E-state index contributed by atoms with van der Waals surface area (Å²) in [5.41, 5.74) is 0.947. The number of hydrogen-bond acceptors (Lipinski definition) is 7. The summed E-state index contributed by atoms with van der Waals surface area (Å²) < 4.78 is 10.1. The van der Waals surface area contributed by atoms with Gasteiger partial charge in [0.15, 0.2) is 5.82 Å². The topological polar surface area (TPSA) is 126 Å². The van der Waals surface area contributed by atoms with Crippen LogP contribution in [0.2, 0.25) is 0 Å². The quantitative estimate of drug-likeness (QED) is 0.802. The first-order chi connectivity index (χ1) is 12.0. The van der Waals surface area contributed by atoms with Gasteiger partial charge in [0.25, 0.3) is 5.56 Å². The molecule has 25 heavy (non-hydrogen) atoms. The van der Waals surface area contributed by atoms with Gasteiger partial charge in [0, 0.05) is 13.5 Å². The van der Waals surface area contributed by atoms with Gasteiger partial charge in [0.1, 0.15) is 11.9 Å². The Bertz CT molecular complexity index is 830. The number of urea groups is 1. The molecule has 0 aliphatic carbocycles. The summed E-state index contributed by atoms with van der Waals surface area (Å²) in [5, 5.41) is 6.64. The predicted octanol–water partition coefficient (Wildman–Crippen LogP) is 0.437. The van der Waals surface area contributed by atoms with Crippen LogP contribution in [0.1, 0.15) is 41.8 Å². The van der Waals surface area contributed by atoms with Gasteiger partial charge < -0.3 is 24.5 Å². The number of aryl methyl sites for hydroxylation is 1. The van der Waals surface area contributed by atoms with Crippen molar-refractivity contribution in [3.8, 4) is 0 Å². The third kappa shape index (κ3) is 3.68. The lowest BCUT2D eigenvalue weighted by molar-refractivity contribution is 0.191. The number of carbonyl (C=O) groups is 1. The van der Waals surface area contributed by atoms with Crippen LogP contribution < -0.4 is 10.9 Å². The van der Waals surface area contributed by atoms with Crippen molar-refractivity contribution in [2.24, 2.45) is 0 Å². The Morgan fingerprint density at radius 1 is 1.44 bits per heavy atom. The highest BCUT2D eigenvalue weighted by atomic mass is 16.5. The van der Waals surface area contributed by atoms with Crippen molar-refractivity contribution in [3.63, 3.8) is 0 Å². The highest BCUT2D eigenvalue weighted by Crippen LogP contribution is 2.19. The van der Waals surface area contributed by atoms with E-state index in [1.165, 1.54) is 4.90 Å². The minimum atomic E-state index is -0.451. The van der Waals surface area contributed by atoms with Crippen LogP contribution in [0.15, 0.2) is 9.32 Å². The zero-order chi connectivity index (χ0) is 18.0. The molecule has 1 aliphatic rings. The summed E-state index contributed by atoms with van der Waals surface area (Å²) >= 11 is 0. The molecule has 0 radical (unpaired) electrons. The van der Waals surface area contributed by atoms with E-state index in [1.54, 1.807) is 21.0 Å². The Hall–Kier alpha value is -2.75. The Kier molecular flexibility index (Phi) is 4.79. The van der Waals surface area contributed by atoms with E-state index in [0.717, 1.165) is 0 Å². The van der Waals surface area contributed by atoms with Crippen LogP contribution in [0.4, 0.5) is 4.79 Å². The van der Waals surface area contributed by atoms with Crippen LogP contribution >= 0.6 is 0 Å². The average molecular weight is 348 g/mol. The summed E-state index contributed by atoms with van der Waals surface area (Å²) in [4.78, 5) is 37.1. The molecule has 10 nitrogen and oxygen atoms in total. The fourth-order valence-electron chi connectivity index (χ4n) is 2.61. The van der Waals surface area contributed by atoms with Crippen LogP contribution in [0.3, 0.4) is 0 Å². The van der Waals surface area contributed by atoms with Crippen molar-refractivity contribution in [3.05, 3.63) is 39.2 Å². The maximum atomic E-state index is 12.4. The first-order valence-electron chi connectivity index (χ1n) is 7.93. The van der Waals surface area contributed by atoms with Crippen molar-refractivity contribution in [2.75, 3.05) is 13.7 Å². The van der Waals surface area contributed by atoms with Gasteiger partial charge in [0.2, 0.25) is 5.89 Å². The molecule has 0 bridgehead atoms. The molecule has 0 saturated heterocycles. The molecule has 0 fully saturated rings. The molecule has 2 N–H and O–H groups in total. The molecular weight excluding hydrogens is 328 g/mol. The number of ether oxygens (including phenoxy) is 1. The van der Waals surface area contributed by atoms with Crippen molar-refractivity contribution in [1.29, 1.82) is 0 Å². The first-order valence-corrected chi connectivity index (χ1v) is 7.93. The van der Waals surface area contributed by atoms with Gasteiger partial charge in [-0.25, -0.2) is 9.78 Å². The second-order valence-electron chi connectivity index (χ2n) is 5.90. The minimum absolute atomic E-state index is 0.203. The molecule has 2 aromatic heterocycles. The number of rotatable bonds is 5. The smallest absolute Gasteiger partial charge is 0.318 e. The van der Waals surface area contributed by atoms with E-state index < -0.39 is 6.04 Å². The molecular formula is C15H20N6O4. The van der Waals surface area contributed by atoms with Gasteiger partial charge in [-0.2, -0.15) is 4.98 Å². The molecule has 134 valence electrons. The molecule has 3 rings (SSSR count). The van der Waals surface area contributed by atoms with Crippen LogP contribution in [0.5, 0.6) is 0 Å². The van der Waals surface area contributed by atoms with Crippen molar-refractivity contribution in [1.82, 2.24) is 30.3 Å². The number of hydrogen-bond donors (Lipinski definition) is 2. The van der Waals surface area contributed by atoms with E-state index in [1.807, 2.05) is 0 Å². The molecule has 10 heteroatoms. The first kappa shape index (κ1) is 17.1. The zero-order valence-electron chi connectivity index (χ0n) is 14.3. The van der Waals surface area contributed by atoms with Gasteiger partial charge in [-0.3, -0.25) is 4.79 Å².